The van der Waals surface area contributed by atoms with E-state index in [0.717, 1.165) is 12.3 Å². The minimum Gasteiger partial charge on any atom is -0.478 e. The van der Waals surface area contributed by atoms with Crippen LogP contribution in [0.4, 0.5) is 5.69 Å². The quantitative estimate of drug-likeness (QED) is 0.875. The molecule has 0 aliphatic carbocycles. The standard InChI is InChI=1S/C14H13NO5S/c1-9-6-12(15-8-10-4-3-5-20-10)11(14(16)17)7-13(9)21(2,18)19/h3-8H,1-2H3,(H,16,17). The first-order valence-electron chi connectivity index (χ1n) is 5.94. The summed E-state index contributed by atoms with van der Waals surface area (Å²) >= 11 is 0. The summed E-state index contributed by atoms with van der Waals surface area (Å²) in [6.45, 7) is 1.59. The van der Waals surface area contributed by atoms with Crippen LogP contribution in [0.2, 0.25) is 0 Å². The van der Waals surface area contributed by atoms with E-state index >= 15 is 0 Å². The molecule has 2 rings (SSSR count). The van der Waals surface area contributed by atoms with E-state index < -0.39 is 15.8 Å². The molecule has 1 aromatic carbocycles. The lowest BCUT2D eigenvalue weighted by atomic mass is 10.1. The number of hydrogen-bond acceptors (Lipinski definition) is 5. The predicted octanol–water partition coefficient (Wildman–Crippen LogP) is 2.44. The number of furan rings is 1. The minimum atomic E-state index is -3.50. The van der Waals surface area contributed by atoms with E-state index in [1.165, 1.54) is 18.5 Å². The van der Waals surface area contributed by atoms with Gasteiger partial charge < -0.3 is 9.52 Å². The largest absolute Gasteiger partial charge is 0.478 e. The van der Waals surface area contributed by atoms with Gasteiger partial charge in [-0.15, -0.1) is 0 Å². The van der Waals surface area contributed by atoms with Crippen LogP contribution < -0.4 is 0 Å². The maximum atomic E-state index is 11.6. The minimum absolute atomic E-state index is 0.0168. The van der Waals surface area contributed by atoms with Crippen molar-refractivity contribution in [3.63, 3.8) is 0 Å². The highest BCUT2D eigenvalue weighted by Crippen LogP contribution is 2.27. The van der Waals surface area contributed by atoms with E-state index in [4.69, 9.17) is 4.42 Å². The van der Waals surface area contributed by atoms with Crippen LogP contribution in [0.15, 0.2) is 44.8 Å². The zero-order chi connectivity index (χ0) is 15.6. The van der Waals surface area contributed by atoms with Gasteiger partial charge in [-0.25, -0.2) is 13.2 Å². The van der Waals surface area contributed by atoms with Crippen molar-refractivity contribution in [3.05, 3.63) is 47.4 Å². The van der Waals surface area contributed by atoms with Crippen molar-refractivity contribution < 1.29 is 22.7 Å². The summed E-state index contributed by atoms with van der Waals surface area (Å²) in [5, 5.41) is 9.21. The molecule has 0 saturated heterocycles. The number of carboxylic acids is 1. The van der Waals surface area contributed by atoms with Crippen molar-refractivity contribution in [3.8, 4) is 0 Å². The lowest BCUT2D eigenvalue weighted by Gasteiger charge is -2.08. The fourth-order valence-electron chi connectivity index (χ4n) is 1.85. The van der Waals surface area contributed by atoms with Crippen molar-refractivity contribution in [2.24, 2.45) is 4.99 Å². The Morgan fingerprint density at radius 2 is 2.10 bits per heavy atom. The first kappa shape index (κ1) is 15.0. The van der Waals surface area contributed by atoms with Crippen molar-refractivity contribution in [2.75, 3.05) is 6.26 Å². The predicted molar refractivity (Wildman–Crippen MR) is 77.2 cm³/mol. The number of nitrogens with zero attached hydrogens (tertiary/aromatic N) is 1. The molecule has 0 saturated carbocycles. The summed E-state index contributed by atoms with van der Waals surface area (Å²) in [6, 6.07) is 5.90. The Morgan fingerprint density at radius 1 is 1.38 bits per heavy atom. The number of rotatable bonds is 4. The second-order valence-electron chi connectivity index (χ2n) is 4.49. The molecule has 7 heteroatoms. The Balaban J connectivity index is 2.56. The SMILES string of the molecule is Cc1cc(N=Cc2ccco2)c(C(=O)O)cc1S(C)(=O)=O. The average Bonchev–Trinajstić information content (AvgIpc) is 2.87. The van der Waals surface area contributed by atoms with Gasteiger partial charge in [0.2, 0.25) is 0 Å². The summed E-state index contributed by atoms with van der Waals surface area (Å²) in [5.74, 6) is -0.775. The van der Waals surface area contributed by atoms with Crippen molar-refractivity contribution >= 4 is 27.7 Å². The first-order valence-corrected chi connectivity index (χ1v) is 7.84. The number of aliphatic imine (C=N–C) groups is 1. The number of carboxylic acid groups (broad SMARTS) is 1. The Kier molecular flexibility index (Phi) is 3.95. The summed E-state index contributed by atoms with van der Waals surface area (Å²) in [5.41, 5.74) is 0.432. The molecule has 1 heterocycles. The van der Waals surface area contributed by atoms with Gasteiger partial charge in [0, 0.05) is 6.26 Å². The maximum absolute atomic E-state index is 11.6. The molecule has 0 aliphatic heterocycles. The monoisotopic (exact) mass is 307 g/mol. The van der Waals surface area contributed by atoms with Crippen LogP contribution >= 0.6 is 0 Å². The molecule has 0 fully saturated rings. The third-order valence-corrected chi connectivity index (χ3v) is 4.04. The molecule has 110 valence electrons. The number of benzene rings is 1. The second kappa shape index (κ2) is 5.53. The van der Waals surface area contributed by atoms with E-state index in [1.54, 1.807) is 19.1 Å². The van der Waals surface area contributed by atoms with Gasteiger partial charge in [-0.05, 0) is 36.8 Å². The molecule has 1 N–H and O–H groups in total. The van der Waals surface area contributed by atoms with E-state index in [-0.39, 0.29) is 16.1 Å². The molecule has 0 radical (unpaired) electrons. The lowest BCUT2D eigenvalue weighted by Crippen LogP contribution is -2.05. The summed E-state index contributed by atoms with van der Waals surface area (Å²) in [6.07, 6.45) is 3.88. The number of carbonyl (C=O) groups is 1. The molecule has 1 aromatic heterocycles. The van der Waals surface area contributed by atoms with Crippen LogP contribution in [-0.4, -0.2) is 32.0 Å². The molecule has 21 heavy (non-hydrogen) atoms. The summed E-state index contributed by atoms with van der Waals surface area (Å²) in [4.78, 5) is 15.3. The van der Waals surface area contributed by atoms with Crippen LogP contribution in [0.25, 0.3) is 0 Å². The second-order valence-corrected chi connectivity index (χ2v) is 6.47. The first-order chi connectivity index (χ1) is 9.79. The Morgan fingerprint density at radius 3 is 2.62 bits per heavy atom. The Labute approximate surface area is 121 Å². The molecule has 2 aromatic rings. The van der Waals surface area contributed by atoms with E-state index in [2.05, 4.69) is 4.99 Å². The van der Waals surface area contributed by atoms with Gasteiger partial charge in [-0.1, -0.05) is 0 Å². The van der Waals surface area contributed by atoms with Gasteiger partial charge in [-0.2, -0.15) is 0 Å². The zero-order valence-electron chi connectivity index (χ0n) is 11.4. The number of sulfone groups is 1. The van der Waals surface area contributed by atoms with Crippen molar-refractivity contribution in [1.82, 2.24) is 0 Å². The van der Waals surface area contributed by atoms with Gasteiger partial charge >= 0.3 is 5.97 Å². The Hall–Kier alpha value is -2.41. The van der Waals surface area contributed by atoms with Crippen molar-refractivity contribution in [2.45, 2.75) is 11.8 Å². The number of aryl methyl sites for hydroxylation is 1. The van der Waals surface area contributed by atoms with Crippen LogP contribution in [0.3, 0.4) is 0 Å². The van der Waals surface area contributed by atoms with Crippen molar-refractivity contribution in [1.29, 1.82) is 0 Å². The third-order valence-electron chi connectivity index (χ3n) is 2.80. The highest BCUT2D eigenvalue weighted by molar-refractivity contribution is 7.90. The van der Waals surface area contributed by atoms with Gasteiger partial charge in [0.15, 0.2) is 9.84 Å². The normalized spacial score (nSPS) is 11.9. The van der Waals surface area contributed by atoms with Crippen LogP contribution in [-0.2, 0) is 9.84 Å². The fourth-order valence-corrected chi connectivity index (χ4v) is 2.82. The van der Waals surface area contributed by atoms with E-state index in [1.807, 2.05) is 0 Å². The highest BCUT2D eigenvalue weighted by Gasteiger charge is 2.18. The number of aromatic carboxylic acids is 1. The molecular weight excluding hydrogens is 294 g/mol. The molecule has 0 atom stereocenters. The third kappa shape index (κ3) is 3.38. The Bertz CT molecular complexity index is 804. The molecule has 6 nitrogen and oxygen atoms in total. The number of hydrogen-bond donors (Lipinski definition) is 1. The fraction of sp³-hybridized carbons (Fsp3) is 0.143. The van der Waals surface area contributed by atoms with E-state index in [9.17, 15) is 18.3 Å². The zero-order valence-corrected chi connectivity index (χ0v) is 12.2. The molecule has 0 unspecified atom stereocenters. The summed E-state index contributed by atoms with van der Waals surface area (Å²) < 4.78 is 28.3. The van der Waals surface area contributed by atoms with Crippen LogP contribution in [0.5, 0.6) is 0 Å². The average molecular weight is 307 g/mol. The van der Waals surface area contributed by atoms with Crippen LogP contribution in [0.1, 0.15) is 21.7 Å². The van der Waals surface area contributed by atoms with Gasteiger partial charge in [0.25, 0.3) is 0 Å². The van der Waals surface area contributed by atoms with Gasteiger partial charge in [0.1, 0.15) is 5.76 Å². The summed E-state index contributed by atoms with van der Waals surface area (Å²) in [7, 11) is -3.50. The van der Waals surface area contributed by atoms with Gasteiger partial charge in [-0.3, -0.25) is 4.99 Å². The van der Waals surface area contributed by atoms with Gasteiger partial charge in [0.05, 0.1) is 28.6 Å². The lowest BCUT2D eigenvalue weighted by molar-refractivity contribution is 0.0697. The van der Waals surface area contributed by atoms with E-state index in [0.29, 0.717) is 11.3 Å². The molecule has 0 amide bonds. The van der Waals surface area contributed by atoms with Crippen LogP contribution in [0, 0.1) is 6.92 Å². The maximum Gasteiger partial charge on any atom is 0.337 e. The highest BCUT2D eigenvalue weighted by atomic mass is 32.2. The molecule has 0 aliphatic rings. The molecule has 0 spiro atoms. The molecular formula is C14H13NO5S. The topological polar surface area (TPSA) is 96.9 Å². The smallest absolute Gasteiger partial charge is 0.337 e. The molecule has 0 bridgehead atoms.